The predicted octanol–water partition coefficient (Wildman–Crippen LogP) is 2.54. The van der Waals surface area contributed by atoms with Crippen LogP contribution in [0.2, 0.25) is 0 Å². The van der Waals surface area contributed by atoms with Crippen LogP contribution in [0.1, 0.15) is 15.9 Å². The highest BCUT2D eigenvalue weighted by molar-refractivity contribution is 5.79. The van der Waals surface area contributed by atoms with Crippen LogP contribution < -0.4 is 0 Å². The fraction of sp³-hybridized carbons (Fsp3) is 0.0714. The molecule has 0 aliphatic heterocycles. The lowest BCUT2D eigenvalue weighted by molar-refractivity contribution is 0.112. The third kappa shape index (κ3) is 1.59. The molecule has 0 amide bonds. The van der Waals surface area contributed by atoms with Gasteiger partial charge in [-0.25, -0.2) is 4.68 Å². The van der Waals surface area contributed by atoms with Crippen LogP contribution in [0.3, 0.4) is 0 Å². The number of hydrogen-bond acceptors (Lipinski definition) is 3. The zero-order valence-electron chi connectivity index (χ0n) is 9.87. The molecule has 1 heterocycles. The van der Waals surface area contributed by atoms with E-state index >= 15 is 0 Å². The van der Waals surface area contributed by atoms with E-state index in [1.54, 1.807) is 10.7 Å². The molecule has 18 heavy (non-hydrogen) atoms. The molecule has 0 atom stereocenters. The number of nitrogens with zero attached hydrogens (tertiary/aromatic N) is 3. The summed E-state index contributed by atoms with van der Waals surface area (Å²) in [7, 11) is 0. The van der Waals surface area contributed by atoms with E-state index in [1.165, 1.54) is 0 Å². The van der Waals surface area contributed by atoms with Crippen molar-refractivity contribution in [2.75, 3.05) is 0 Å². The van der Waals surface area contributed by atoms with E-state index in [4.69, 9.17) is 0 Å². The molecule has 0 bridgehead atoms. The largest absolute Gasteiger partial charge is 0.298 e. The van der Waals surface area contributed by atoms with E-state index < -0.39 is 0 Å². The Morgan fingerprint density at radius 3 is 2.83 bits per heavy atom. The van der Waals surface area contributed by atoms with E-state index in [9.17, 15) is 4.79 Å². The number of carbonyl (C=O) groups is 1. The molecule has 0 N–H and O–H groups in total. The Balaban J connectivity index is 2.28. The summed E-state index contributed by atoms with van der Waals surface area (Å²) in [5.41, 5.74) is 4.34. The first-order valence-corrected chi connectivity index (χ1v) is 5.66. The quantitative estimate of drug-likeness (QED) is 0.643. The lowest BCUT2D eigenvalue weighted by atomic mass is 10.1. The Morgan fingerprint density at radius 2 is 2.00 bits per heavy atom. The second kappa shape index (κ2) is 4.07. The van der Waals surface area contributed by atoms with Gasteiger partial charge in [0.15, 0.2) is 0 Å². The zero-order valence-corrected chi connectivity index (χ0v) is 9.87. The minimum atomic E-state index is 0.634. The van der Waals surface area contributed by atoms with Gasteiger partial charge in [0, 0.05) is 5.56 Å². The van der Waals surface area contributed by atoms with Gasteiger partial charge in [0.05, 0.1) is 11.2 Å². The molecule has 0 spiro atoms. The van der Waals surface area contributed by atoms with Gasteiger partial charge in [0.1, 0.15) is 11.8 Å². The van der Waals surface area contributed by atoms with Crippen LogP contribution in [0.25, 0.3) is 16.7 Å². The van der Waals surface area contributed by atoms with Crippen molar-refractivity contribution in [2.24, 2.45) is 0 Å². The van der Waals surface area contributed by atoms with Crippen molar-refractivity contribution in [1.82, 2.24) is 15.0 Å². The highest BCUT2D eigenvalue weighted by Gasteiger charge is 2.08. The minimum absolute atomic E-state index is 0.634. The van der Waals surface area contributed by atoms with Crippen molar-refractivity contribution in [3.05, 3.63) is 53.6 Å². The van der Waals surface area contributed by atoms with Crippen LogP contribution in [-0.4, -0.2) is 21.3 Å². The molecule has 0 aliphatic carbocycles. The number of rotatable bonds is 2. The number of carbonyl (C=O) groups excluding carboxylic acids is 1. The summed E-state index contributed by atoms with van der Waals surface area (Å²) in [6.07, 6.45) is 0.835. The monoisotopic (exact) mass is 237 g/mol. The summed E-state index contributed by atoms with van der Waals surface area (Å²) in [5, 5.41) is 8.27. The molecule has 2 aromatic carbocycles. The Kier molecular flexibility index (Phi) is 2.41. The average Bonchev–Trinajstić information content (AvgIpc) is 2.83. The van der Waals surface area contributed by atoms with E-state index in [1.807, 2.05) is 43.3 Å². The van der Waals surface area contributed by atoms with Crippen molar-refractivity contribution < 1.29 is 4.79 Å². The van der Waals surface area contributed by atoms with Crippen molar-refractivity contribution in [2.45, 2.75) is 6.92 Å². The summed E-state index contributed by atoms with van der Waals surface area (Å²) >= 11 is 0. The van der Waals surface area contributed by atoms with E-state index in [0.717, 1.165) is 28.6 Å². The molecule has 0 unspecified atom stereocenters. The third-order valence-corrected chi connectivity index (χ3v) is 2.95. The van der Waals surface area contributed by atoms with E-state index in [-0.39, 0.29) is 0 Å². The number of benzene rings is 2. The summed E-state index contributed by atoms with van der Waals surface area (Å²) in [6.45, 7) is 1.99. The first-order valence-electron chi connectivity index (χ1n) is 5.66. The topological polar surface area (TPSA) is 47.8 Å². The number of aldehydes is 1. The first-order chi connectivity index (χ1) is 8.79. The number of aryl methyl sites for hydroxylation is 1. The van der Waals surface area contributed by atoms with E-state index in [0.29, 0.717) is 5.56 Å². The molecule has 1 aromatic heterocycles. The lowest BCUT2D eigenvalue weighted by Gasteiger charge is -2.06. The van der Waals surface area contributed by atoms with Crippen molar-refractivity contribution in [1.29, 1.82) is 0 Å². The normalized spacial score (nSPS) is 10.7. The van der Waals surface area contributed by atoms with Crippen molar-refractivity contribution in [3.8, 4) is 5.69 Å². The molecule has 0 radical (unpaired) electrons. The maximum Gasteiger partial charge on any atom is 0.150 e. The standard InChI is InChI=1S/C14H11N3O/c1-10-6-7-11(9-18)8-14(10)17-13-5-3-2-4-12(13)15-16-17/h2-9H,1H3. The Bertz CT molecular complexity index is 731. The summed E-state index contributed by atoms with van der Waals surface area (Å²) in [6, 6.07) is 13.3. The first kappa shape index (κ1) is 10.7. The summed E-state index contributed by atoms with van der Waals surface area (Å²) in [4.78, 5) is 10.9. The molecule has 0 aliphatic rings. The van der Waals surface area contributed by atoms with Gasteiger partial charge in [-0.15, -0.1) is 5.10 Å². The van der Waals surface area contributed by atoms with Gasteiger partial charge < -0.3 is 0 Å². The molecule has 0 saturated heterocycles. The maximum absolute atomic E-state index is 10.9. The smallest absolute Gasteiger partial charge is 0.150 e. The fourth-order valence-corrected chi connectivity index (χ4v) is 1.97. The second-order valence-corrected chi connectivity index (χ2v) is 4.15. The Morgan fingerprint density at radius 1 is 1.17 bits per heavy atom. The average molecular weight is 237 g/mol. The molecule has 3 aromatic rings. The van der Waals surface area contributed by atoms with E-state index in [2.05, 4.69) is 10.3 Å². The second-order valence-electron chi connectivity index (χ2n) is 4.15. The maximum atomic E-state index is 10.9. The van der Waals surface area contributed by atoms with Crippen LogP contribution >= 0.6 is 0 Å². The lowest BCUT2D eigenvalue weighted by Crippen LogP contribution is -2.00. The minimum Gasteiger partial charge on any atom is -0.298 e. The predicted molar refractivity (Wildman–Crippen MR) is 69.0 cm³/mol. The van der Waals surface area contributed by atoms with Gasteiger partial charge in [-0.1, -0.05) is 29.5 Å². The van der Waals surface area contributed by atoms with Crippen molar-refractivity contribution in [3.63, 3.8) is 0 Å². The molecule has 4 nitrogen and oxygen atoms in total. The van der Waals surface area contributed by atoms with Gasteiger partial charge >= 0.3 is 0 Å². The third-order valence-electron chi connectivity index (χ3n) is 2.95. The highest BCUT2D eigenvalue weighted by atomic mass is 16.1. The zero-order chi connectivity index (χ0) is 12.5. The molecule has 88 valence electrons. The van der Waals surface area contributed by atoms with Gasteiger partial charge in [-0.2, -0.15) is 0 Å². The molecule has 0 fully saturated rings. The number of para-hydroxylation sites is 1. The van der Waals surface area contributed by atoms with Gasteiger partial charge in [0.25, 0.3) is 0 Å². The number of aromatic nitrogens is 3. The van der Waals surface area contributed by atoms with Gasteiger partial charge in [-0.05, 0) is 30.7 Å². The molecule has 4 heteroatoms. The SMILES string of the molecule is Cc1ccc(C=O)cc1-n1nnc2ccccc21. The van der Waals surface area contributed by atoms with Gasteiger partial charge in [0.2, 0.25) is 0 Å². The number of fused-ring (bicyclic) bond motifs is 1. The van der Waals surface area contributed by atoms with Crippen LogP contribution in [0.4, 0.5) is 0 Å². The van der Waals surface area contributed by atoms with Crippen LogP contribution in [0, 0.1) is 6.92 Å². The Hall–Kier alpha value is -2.49. The molecule has 3 rings (SSSR count). The van der Waals surface area contributed by atoms with Gasteiger partial charge in [-0.3, -0.25) is 4.79 Å². The molecule has 0 saturated carbocycles. The van der Waals surface area contributed by atoms with Crippen LogP contribution in [0.5, 0.6) is 0 Å². The summed E-state index contributed by atoms with van der Waals surface area (Å²) in [5.74, 6) is 0. The van der Waals surface area contributed by atoms with Crippen molar-refractivity contribution >= 4 is 17.3 Å². The fourth-order valence-electron chi connectivity index (χ4n) is 1.97. The van der Waals surface area contributed by atoms with Crippen LogP contribution in [0.15, 0.2) is 42.5 Å². The molecular formula is C14H11N3O. The summed E-state index contributed by atoms with van der Waals surface area (Å²) < 4.78 is 1.76. The highest BCUT2D eigenvalue weighted by Crippen LogP contribution is 2.19. The Labute approximate surface area is 104 Å². The number of hydrogen-bond donors (Lipinski definition) is 0. The van der Waals surface area contributed by atoms with Crippen LogP contribution in [-0.2, 0) is 0 Å². The molecular weight excluding hydrogens is 226 g/mol.